The molecule has 0 spiro atoms. The number of carbonyl (C=O) groups is 2. The highest BCUT2D eigenvalue weighted by Gasteiger charge is 2.55. The molecular formula is C18H28N2O4S. The second-order valence-electron chi connectivity index (χ2n) is 8.01. The lowest BCUT2D eigenvalue weighted by atomic mass is 9.84. The largest absolute Gasteiger partial charge is 0.468 e. The number of hydrogen-bond donors (Lipinski definition) is 1. The molecular weight excluding hydrogens is 340 g/mol. The van der Waals surface area contributed by atoms with E-state index in [1.807, 2.05) is 40.0 Å². The van der Waals surface area contributed by atoms with Crippen LogP contribution in [0.3, 0.4) is 0 Å². The summed E-state index contributed by atoms with van der Waals surface area (Å²) in [5.41, 5.74) is -1.49. The van der Waals surface area contributed by atoms with Crippen LogP contribution in [0.25, 0.3) is 0 Å². The van der Waals surface area contributed by atoms with Crippen LogP contribution in [0.15, 0.2) is 11.6 Å². The van der Waals surface area contributed by atoms with Crippen molar-refractivity contribution in [1.29, 1.82) is 0 Å². The van der Waals surface area contributed by atoms with E-state index in [1.165, 1.54) is 18.4 Å². The summed E-state index contributed by atoms with van der Waals surface area (Å²) in [7, 11) is 1.38. The Labute approximate surface area is 153 Å². The van der Waals surface area contributed by atoms with Crippen LogP contribution in [0.1, 0.15) is 58.5 Å². The van der Waals surface area contributed by atoms with Crippen molar-refractivity contribution in [2.24, 2.45) is 11.8 Å². The van der Waals surface area contributed by atoms with Gasteiger partial charge >= 0.3 is 11.9 Å². The van der Waals surface area contributed by atoms with E-state index in [1.54, 1.807) is 6.20 Å². The van der Waals surface area contributed by atoms with E-state index in [4.69, 9.17) is 9.47 Å². The summed E-state index contributed by atoms with van der Waals surface area (Å²) in [4.78, 5) is 29.8. The van der Waals surface area contributed by atoms with Crippen molar-refractivity contribution in [3.63, 3.8) is 0 Å². The number of esters is 2. The SMILES string of the molecule is COC(=O)[C@]1(CC(C)C)CC(C(=O)OC(C)(C)C)[C@@H](c2nccs2)N1. The fourth-order valence-electron chi connectivity index (χ4n) is 3.43. The lowest BCUT2D eigenvalue weighted by Gasteiger charge is -2.29. The quantitative estimate of drug-likeness (QED) is 0.805. The van der Waals surface area contributed by atoms with Gasteiger partial charge in [-0.1, -0.05) is 13.8 Å². The zero-order chi connectivity index (χ0) is 18.8. The van der Waals surface area contributed by atoms with Gasteiger partial charge in [0, 0.05) is 11.6 Å². The highest BCUT2D eigenvalue weighted by molar-refractivity contribution is 7.09. The Kier molecular flexibility index (Phi) is 5.89. The summed E-state index contributed by atoms with van der Waals surface area (Å²) >= 11 is 1.46. The molecule has 1 fully saturated rings. The van der Waals surface area contributed by atoms with E-state index < -0.39 is 17.1 Å². The molecule has 0 bridgehead atoms. The molecule has 3 atom stereocenters. The smallest absolute Gasteiger partial charge is 0.326 e. The first kappa shape index (κ1) is 19.8. The highest BCUT2D eigenvalue weighted by atomic mass is 32.1. The van der Waals surface area contributed by atoms with E-state index in [0.29, 0.717) is 12.8 Å². The average molecular weight is 368 g/mol. The van der Waals surface area contributed by atoms with Gasteiger partial charge in [0.25, 0.3) is 0 Å². The highest BCUT2D eigenvalue weighted by Crippen LogP contribution is 2.43. The molecule has 6 nitrogen and oxygen atoms in total. The lowest BCUT2D eigenvalue weighted by Crippen LogP contribution is -2.49. The fourth-order valence-corrected chi connectivity index (χ4v) is 4.18. The molecule has 1 aromatic heterocycles. The molecule has 25 heavy (non-hydrogen) atoms. The zero-order valence-electron chi connectivity index (χ0n) is 15.8. The van der Waals surface area contributed by atoms with Crippen LogP contribution in [0.4, 0.5) is 0 Å². The van der Waals surface area contributed by atoms with Crippen molar-refractivity contribution >= 4 is 23.3 Å². The van der Waals surface area contributed by atoms with Crippen LogP contribution >= 0.6 is 11.3 Å². The Morgan fingerprint density at radius 1 is 1.44 bits per heavy atom. The number of methoxy groups -OCH3 is 1. The standard InChI is InChI=1S/C18H28N2O4S/c1-11(2)9-18(16(22)23-6)10-12(15(21)24-17(3,4)5)13(20-18)14-19-7-8-25-14/h7-8,11-13,20H,9-10H2,1-6H3/t12?,13-,18-/m0/s1. The van der Waals surface area contributed by atoms with E-state index in [0.717, 1.165) is 5.01 Å². The van der Waals surface area contributed by atoms with E-state index in [-0.39, 0.29) is 23.9 Å². The number of nitrogens with zero attached hydrogens (tertiary/aromatic N) is 1. The van der Waals surface area contributed by atoms with Gasteiger partial charge in [0.15, 0.2) is 0 Å². The number of thiazole rings is 1. The second-order valence-corrected chi connectivity index (χ2v) is 8.93. The summed E-state index contributed by atoms with van der Waals surface area (Å²) in [6, 6.07) is -0.354. The molecule has 1 aliphatic rings. The topological polar surface area (TPSA) is 77.5 Å². The summed E-state index contributed by atoms with van der Waals surface area (Å²) in [5, 5.41) is 6.03. The van der Waals surface area contributed by atoms with E-state index >= 15 is 0 Å². The Morgan fingerprint density at radius 2 is 2.12 bits per heavy atom. The molecule has 7 heteroatoms. The molecule has 2 rings (SSSR count). The zero-order valence-corrected chi connectivity index (χ0v) is 16.6. The fraction of sp³-hybridized carbons (Fsp3) is 0.722. The molecule has 0 aromatic carbocycles. The monoisotopic (exact) mass is 368 g/mol. The third-order valence-electron chi connectivity index (χ3n) is 4.16. The van der Waals surface area contributed by atoms with Crippen molar-refractivity contribution in [2.45, 2.75) is 64.6 Å². The van der Waals surface area contributed by atoms with Crippen molar-refractivity contribution in [2.75, 3.05) is 7.11 Å². The first-order chi connectivity index (χ1) is 11.6. The first-order valence-electron chi connectivity index (χ1n) is 8.56. The molecule has 1 saturated heterocycles. The van der Waals surface area contributed by atoms with Crippen molar-refractivity contribution in [3.05, 3.63) is 16.6 Å². The Balaban J connectivity index is 2.38. The van der Waals surface area contributed by atoms with Crippen molar-refractivity contribution in [1.82, 2.24) is 10.3 Å². The van der Waals surface area contributed by atoms with Gasteiger partial charge in [0.05, 0.1) is 19.1 Å². The van der Waals surface area contributed by atoms with E-state index in [2.05, 4.69) is 10.3 Å². The Morgan fingerprint density at radius 3 is 2.60 bits per heavy atom. The van der Waals surface area contributed by atoms with Crippen LogP contribution in [0, 0.1) is 11.8 Å². The van der Waals surface area contributed by atoms with Gasteiger partial charge in [0.1, 0.15) is 16.1 Å². The minimum atomic E-state index is -0.902. The number of aromatic nitrogens is 1. The number of nitrogens with one attached hydrogen (secondary N) is 1. The Hall–Kier alpha value is -1.47. The summed E-state index contributed by atoms with van der Waals surface area (Å²) in [5.74, 6) is -0.868. The first-order valence-corrected chi connectivity index (χ1v) is 9.44. The van der Waals surface area contributed by atoms with Crippen LogP contribution in [-0.2, 0) is 19.1 Å². The molecule has 1 aliphatic heterocycles. The minimum absolute atomic E-state index is 0.265. The summed E-state index contributed by atoms with van der Waals surface area (Å²) in [6.07, 6.45) is 2.63. The van der Waals surface area contributed by atoms with Crippen molar-refractivity contribution < 1.29 is 19.1 Å². The van der Waals surface area contributed by atoms with Crippen LogP contribution in [0.5, 0.6) is 0 Å². The third kappa shape index (κ3) is 4.58. The maximum absolute atomic E-state index is 12.8. The second kappa shape index (κ2) is 7.41. The molecule has 0 radical (unpaired) electrons. The number of ether oxygens (including phenoxy) is 2. The normalized spacial score (nSPS) is 26.7. The molecule has 0 amide bonds. The summed E-state index contributed by atoms with van der Waals surface area (Å²) < 4.78 is 10.7. The molecule has 1 aromatic rings. The van der Waals surface area contributed by atoms with Gasteiger partial charge in [-0.05, 0) is 39.5 Å². The molecule has 1 N–H and O–H groups in total. The van der Waals surface area contributed by atoms with Crippen LogP contribution in [-0.4, -0.2) is 35.2 Å². The lowest BCUT2D eigenvalue weighted by molar-refractivity contribution is -0.160. The Bertz CT molecular complexity index is 609. The minimum Gasteiger partial charge on any atom is -0.468 e. The van der Waals surface area contributed by atoms with Gasteiger partial charge < -0.3 is 9.47 Å². The van der Waals surface area contributed by atoms with E-state index in [9.17, 15) is 9.59 Å². The average Bonchev–Trinajstić information content (AvgIpc) is 3.11. The van der Waals surface area contributed by atoms with Crippen molar-refractivity contribution in [3.8, 4) is 0 Å². The van der Waals surface area contributed by atoms with Gasteiger partial charge in [-0.25, -0.2) is 4.98 Å². The summed E-state index contributed by atoms with van der Waals surface area (Å²) in [6.45, 7) is 9.62. The van der Waals surface area contributed by atoms with Gasteiger partial charge in [0.2, 0.25) is 0 Å². The molecule has 140 valence electrons. The predicted molar refractivity (Wildman–Crippen MR) is 96.1 cm³/mol. The number of rotatable bonds is 5. The van der Waals surface area contributed by atoms with Gasteiger partial charge in [-0.3, -0.25) is 14.9 Å². The molecule has 0 aliphatic carbocycles. The molecule has 2 heterocycles. The van der Waals surface area contributed by atoms with Crippen LogP contribution < -0.4 is 5.32 Å². The van der Waals surface area contributed by atoms with Gasteiger partial charge in [-0.2, -0.15) is 0 Å². The third-order valence-corrected chi connectivity index (χ3v) is 5.02. The maximum atomic E-state index is 12.8. The molecule has 1 unspecified atom stereocenters. The van der Waals surface area contributed by atoms with Gasteiger partial charge in [-0.15, -0.1) is 11.3 Å². The number of hydrogen-bond acceptors (Lipinski definition) is 7. The predicted octanol–water partition coefficient (Wildman–Crippen LogP) is 3.09. The van der Waals surface area contributed by atoms with Crippen LogP contribution in [0.2, 0.25) is 0 Å². The molecule has 0 saturated carbocycles. The maximum Gasteiger partial charge on any atom is 0.326 e. The number of carbonyl (C=O) groups excluding carboxylic acids is 2.